The number of hydrogen-bond acceptors (Lipinski definition) is 2. The number of thioether (sulfide) groups is 1. The Morgan fingerprint density at radius 1 is 1.29 bits per heavy atom. The highest BCUT2D eigenvalue weighted by Crippen LogP contribution is 2.36. The first-order chi connectivity index (χ1) is 6.71. The summed E-state index contributed by atoms with van der Waals surface area (Å²) in [6, 6.07) is 8.01. The summed E-state index contributed by atoms with van der Waals surface area (Å²) in [4.78, 5) is 0. The van der Waals surface area contributed by atoms with Gasteiger partial charge in [-0.05, 0) is 42.0 Å². The molecule has 76 valence electrons. The SMILES string of the molecule is OC1(c2cccc(Br)c2)CCSCC1. The summed E-state index contributed by atoms with van der Waals surface area (Å²) in [7, 11) is 0. The molecule has 0 saturated carbocycles. The molecule has 1 aliphatic rings. The van der Waals surface area contributed by atoms with Crippen LogP contribution in [0.25, 0.3) is 0 Å². The monoisotopic (exact) mass is 272 g/mol. The van der Waals surface area contributed by atoms with E-state index in [9.17, 15) is 5.11 Å². The molecule has 1 heterocycles. The third-order valence-electron chi connectivity index (χ3n) is 2.68. The molecule has 0 aromatic heterocycles. The zero-order chi connectivity index (χ0) is 10.0. The minimum Gasteiger partial charge on any atom is -0.385 e. The van der Waals surface area contributed by atoms with Gasteiger partial charge < -0.3 is 5.11 Å². The Hall–Kier alpha value is 0.01000. The predicted molar refractivity (Wildman–Crippen MR) is 64.6 cm³/mol. The number of rotatable bonds is 1. The molecule has 0 radical (unpaired) electrons. The molecule has 0 atom stereocenters. The number of aliphatic hydroxyl groups is 1. The van der Waals surface area contributed by atoms with Crippen LogP contribution in [0, 0.1) is 0 Å². The topological polar surface area (TPSA) is 20.2 Å². The molecular formula is C11H13BrOS. The maximum Gasteiger partial charge on any atom is 0.0912 e. The first-order valence-electron chi connectivity index (χ1n) is 4.77. The van der Waals surface area contributed by atoms with Crippen LogP contribution >= 0.6 is 27.7 Å². The van der Waals surface area contributed by atoms with Crippen LogP contribution < -0.4 is 0 Å². The van der Waals surface area contributed by atoms with E-state index < -0.39 is 5.60 Å². The fourth-order valence-electron chi connectivity index (χ4n) is 1.78. The molecule has 1 saturated heterocycles. The van der Waals surface area contributed by atoms with Gasteiger partial charge in [-0.15, -0.1) is 0 Å². The molecular weight excluding hydrogens is 260 g/mol. The largest absolute Gasteiger partial charge is 0.385 e. The molecule has 0 unspecified atom stereocenters. The van der Waals surface area contributed by atoms with Crippen molar-refractivity contribution < 1.29 is 5.11 Å². The molecule has 3 heteroatoms. The van der Waals surface area contributed by atoms with Crippen molar-refractivity contribution >= 4 is 27.7 Å². The number of hydrogen-bond donors (Lipinski definition) is 1. The quantitative estimate of drug-likeness (QED) is 0.848. The van der Waals surface area contributed by atoms with Crippen molar-refractivity contribution in [3.8, 4) is 0 Å². The molecule has 1 aliphatic heterocycles. The first kappa shape index (κ1) is 10.5. The van der Waals surface area contributed by atoms with E-state index in [0.717, 1.165) is 34.4 Å². The standard InChI is InChI=1S/C11H13BrOS/c12-10-3-1-2-9(8-10)11(13)4-6-14-7-5-11/h1-3,8,13H,4-7H2. The second-order valence-electron chi connectivity index (χ2n) is 3.65. The van der Waals surface area contributed by atoms with Crippen LogP contribution in [0.4, 0.5) is 0 Å². The van der Waals surface area contributed by atoms with Gasteiger partial charge in [0, 0.05) is 4.47 Å². The zero-order valence-electron chi connectivity index (χ0n) is 7.87. The summed E-state index contributed by atoms with van der Waals surface area (Å²) in [6.45, 7) is 0. The molecule has 1 nitrogen and oxygen atoms in total. The van der Waals surface area contributed by atoms with Crippen molar-refractivity contribution in [2.45, 2.75) is 18.4 Å². The molecule has 0 bridgehead atoms. The van der Waals surface area contributed by atoms with Crippen LogP contribution in [-0.4, -0.2) is 16.6 Å². The van der Waals surface area contributed by atoms with Gasteiger partial charge >= 0.3 is 0 Å². The average molecular weight is 273 g/mol. The second kappa shape index (κ2) is 4.25. The molecule has 14 heavy (non-hydrogen) atoms. The van der Waals surface area contributed by atoms with Crippen LogP contribution in [0.2, 0.25) is 0 Å². The van der Waals surface area contributed by atoms with E-state index >= 15 is 0 Å². The van der Waals surface area contributed by atoms with Gasteiger partial charge in [-0.25, -0.2) is 0 Å². The molecule has 1 N–H and O–H groups in total. The van der Waals surface area contributed by atoms with Crippen molar-refractivity contribution in [1.82, 2.24) is 0 Å². The van der Waals surface area contributed by atoms with E-state index in [1.165, 1.54) is 0 Å². The molecule has 0 spiro atoms. The van der Waals surface area contributed by atoms with Crippen molar-refractivity contribution in [2.75, 3.05) is 11.5 Å². The lowest BCUT2D eigenvalue weighted by molar-refractivity contribution is 0.0280. The minimum atomic E-state index is -0.588. The van der Waals surface area contributed by atoms with Gasteiger partial charge in [0.15, 0.2) is 0 Å². The molecule has 1 aromatic carbocycles. The third kappa shape index (κ3) is 2.15. The fourth-order valence-corrected chi connectivity index (χ4v) is 3.34. The summed E-state index contributed by atoms with van der Waals surface area (Å²) >= 11 is 5.36. The maximum atomic E-state index is 10.4. The van der Waals surface area contributed by atoms with Crippen molar-refractivity contribution in [2.24, 2.45) is 0 Å². The highest BCUT2D eigenvalue weighted by atomic mass is 79.9. The lowest BCUT2D eigenvalue weighted by atomic mass is 9.88. The Labute approximate surface area is 97.0 Å². The van der Waals surface area contributed by atoms with Crippen LogP contribution in [0.15, 0.2) is 28.7 Å². The minimum absolute atomic E-state index is 0.588. The number of benzene rings is 1. The second-order valence-corrected chi connectivity index (χ2v) is 5.79. The lowest BCUT2D eigenvalue weighted by Crippen LogP contribution is -2.30. The van der Waals surface area contributed by atoms with Crippen LogP contribution in [0.5, 0.6) is 0 Å². The van der Waals surface area contributed by atoms with Crippen LogP contribution in [0.3, 0.4) is 0 Å². The zero-order valence-corrected chi connectivity index (χ0v) is 10.3. The summed E-state index contributed by atoms with van der Waals surface area (Å²) < 4.78 is 1.04. The van der Waals surface area contributed by atoms with Gasteiger partial charge in [0.05, 0.1) is 5.60 Å². The molecule has 0 amide bonds. The van der Waals surface area contributed by atoms with Crippen molar-refractivity contribution in [3.05, 3.63) is 34.3 Å². The van der Waals surface area contributed by atoms with Crippen molar-refractivity contribution in [3.63, 3.8) is 0 Å². The third-order valence-corrected chi connectivity index (χ3v) is 4.16. The Morgan fingerprint density at radius 2 is 2.00 bits per heavy atom. The smallest absolute Gasteiger partial charge is 0.0912 e. The molecule has 1 aromatic rings. The van der Waals surface area contributed by atoms with Gasteiger partial charge in [0.1, 0.15) is 0 Å². The van der Waals surface area contributed by atoms with E-state index in [1.807, 2.05) is 36.0 Å². The van der Waals surface area contributed by atoms with E-state index in [1.54, 1.807) is 0 Å². The highest BCUT2D eigenvalue weighted by molar-refractivity contribution is 9.10. The van der Waals surface area contributed by atoms with E-state index in [2.05, 4.69) is 15.9 Å². The van der Waals surface area contributed by atoms with Crippen molar-refractivity contribution in [1.29, 1.82) is 0 Å². The summed E-state index contributed by atoms with van der Waals surface area (Å²) in [5.41, 5.74) is 0.460. The van der Waals surface area contributed by atoms with Gasteiger partial charge in [-0.2, -0.15) is 11.8 Å². The van der Waals surface area contributed by atoms with Gasteiger partial charge in [-0.1, -0.05) is 28.1 Å². The fraction of sp³-hybridized carbons (Fsp3) is 0.455. The molecule has 2 rings (SSSR count). The van der Waals surface area contributed by atoms with Gasteiger partial charge in [-0.3, -0.25) is 0 Å². The van der Waals surface area contributed by atoms with E-state index in [-0.39, 0.29) is 0 Å². The van der Waals surface area contributed by atoms with Gasteiger partial charge in [0.25, 0.3) is 0 Å². The lowest BCUT2D eigenvalue weighted by Gasteiger charge is -2.32. The summed E-state index contributed by atoms with van der Waals surface area (Å²) in [5.74, 6) is 2.12. The van der Waals surface area contributed by atoms with Crippen LogP contribution in [0.1, 0.15) is 18.4 Å². The van der Waals surface area contributed by atoms with Crippen LogP contribution in [-0.2, 0) is 5.60 Å². The normalized spacial score (nSPS) is 20.7. The maximum absolute atomic E-state index is 10.4. The highest BCUT2D eigenvalue weighted by Gasteiger charge is 2.31. The van der Waals surface area contributed by atoms with E-state index in [4.69, 9.17) is 0 Å². The van der Waals surface area contributed by atoms with Gasteiger partial charge in [0.2, 0.25) is 0 Å². The summed E-state index contributed by atoms with van der Waals surface area (Å²) in [5, 5.41) is 10.4. The Bertz CT molecular complexity index is 321. The molecule has 1 fully saturated rings. The average Bonchev–Trinajstić information content (AvgIpc) is 2.19. The first-order valence-corrected chi connectivity index (χ1v) is 6.72. The Morgan fingerprint density at radius 3 is 2.64 bits per heavy atom. The summed E-state index contributed by atoms with van der Waals surface area (Å²) in [6.07, 6.45) is 1.74. The molecule has 0 aliphatic carbocycles. The Kier molecular flexibility index (Phi) is 3.20. The predicted octanol–water partition coefficient (Wildman–Crippen LogP) is 3.16. The Balaban J connectivity index is 2.28. The number of halogens is 1. The van der Waals surface area contributed by atoms with E-state index in [0.29, 0.717) is 0 Å².